The molecule has 0 aliphatic heterocycles. The second kappa shape index (κ2) is 4.70. The summed E-state index contributed by atoms with van der Waals surface area (Å²) < 4.78 is 5.57. The largest absolute Gasteiger partial charge is 0.472 e. The highest BCUT2D eigenvalue weighted by atomic mass is 16.5. The van der Waals surface area contributed by atoms with E-state index in [1.54, 1.807) is 18.5 Å². The van der Waals surface area contributed by atoms with Crippen LogP contribution in [-0.2, 0) is 6.61 Å². The van der Waals surface area contributed by atoms with Gasteiger partial charge in [-0.3, -0.25) is 10.2 Å². The Morgan fingerprint density at radius 2 is 2.06 bits per heavy atom. The maximum atomic E-state index is 5.57. The summed E-state index contributed by atoms with van der Waals surface area (Å²) in [6.07, 6.45) is 3.48. The first-order valence-corrected chi connectivity index (χ1v) is 5.51. The average molecular weight is 241 g/mol. The molecule has 0 bridgehead atoms. The average Bonchev–Trinajstić information content (AvgIpc) is 3.10. The highest BCUT2D eigenvalue weighted by Gasteiger charge is 2.07. The first-order chi connectivity index (χ1) is 8.93. The van der Waals surface area contributed by atoms with Crippen molar-refractivity contribution in [1.29, 1.82) is 0 Å². The molecule has 0 unspecified atom stereocenters. The van der Waals surface area contributed by atoms with E-state index >= 15 is 0 Å². The minimum Gasteiger partial charge on any atom is -0.472 e. The molecule has 90 valence electrons. The first-order valence-electron chi connectivity index (χ1n) is 5.51. The monoisotopic (exact) mass is 241 g/mol. The van der Waals surface area contributed by atoms with Crippen LogP contribution in [-0.4, -0.2) is 25.6 Å². The Labute approximate surface area is 103 Å². The molecule has 0 atom stereocenters. The van der Waals surface area contributed by atoms with Gasteiger partial charge in [-0.05, 0) is 5.56 Å². The number of H-pyrrole nitrogens is 2. The van der Waals surface area contributed by atoms with Crippen molar-refractivity contribution in [2.45, 2.75) is 6.61 Å². The van der Waals surface area contributed by atoms with E-state index in [-0.39, 0.29) is 0 Å². The molecule has 0 saturated heterocycles. The number of nitrogens with zero attached hydrogens (tertiary/aromatic N) is 3. The van der Waals surface area contributed by atoms with Crippen molar-refractivity contribution in [3.63, 3.8) is 0 Å². The zero-order valence-electron chi connectivity index (χ0n) is 9.50. The van der Waals surface area contributed by atoms with Gasteiger partial charge in [0.1, 0.15) is 12.3 Å². The number of hydrogen-bond donors (Lipinski definition) is 2. The molecule has 6 nitrogen and oxygen atoms in total. The minimum absolute atomic E-state index is 0.438. The third kappa shape index (κ3) is 2.08. The van der Waals surface area contributed by atoms with Gasteiger partial charge in [-0.25, -0.2) is 0 Å². The fraction of sp³-hybridized carbons (Fsp3) is 0.0833. The van der Waals surface area contributed by atoms with Crippen molar-refractivity contribution in [2.24, 2.45) is 0 Å². The maximum Gasteiger partial charge on any atom is 0.232 e. The van der Waals surface area contributed by atoms with Gasteiger partial charge in [0.15, 0.2) is 0 Å². The third-order valence-corrected chi connectivity index (χ3v) is 2.56. The molecule has 2 aromatic heterocycles. The van der Waals surface area contributed by atoms with E-state index in [2.05, 4.69) is 25.6 Å². The van der Waals surface area contributed by atoms with Crippen molar-refractivity contribution in [3.05, 3.63) is 48.3 Å². The van der Waals surface area contributed by atoms with Crippen molar-refractivity contribution in [2.75, 3.05) is 0 Å². The summed E-state index contributed by atoms with van der Waals surface area (Å²) in [7, 11) is 0. The second-order valence-electron chi connectivity index (χ2n) is 3.72. The van der Waals surface area contributed by atoms with E-state index in [1.807, 2.05) is 24.3 Å². The van der Waals surface area contributed by atoms with E-state index in [9.17, 15) is 0 Å². The number of aromatic nitrogens is 5. The summed E-state index contributed by atoms with van der Waals surface area (Å²) in [6.45, 7) is 0.438. The lowest BCUT2D eigenvalue weighted by Gasteiger charge is -2.07. The molecular formula is C12H11N5O. The number of ether oxygens (including phenoxy) is 1. The third-order valence-electron chi connectivity index (χ3n) is 2.56. The number of hydrogen-bond acceptors (Lipinski definition) is 4. The van der Waals surface area contributed by atoms with Gasteiger partial charge in [0.05, 0.1) is 6.20 Å². The van der Waals surface area contributed by atoms with E-state index in [1.165, 1.54) is 0 Å². The smallest absolute Gasteiger partial charge is 0.232 e. The van der Waals surface area contributed by atoms with Gasteiger partial charge >= 0.3 is 0 Å². The van der Waals surface area contributed by atoms with Crippen molar-refractivity contribution >= 4 is 0 Å². The van der Waals surface area contributed by atoms with Gasteiger partial charge in [-0.2, -0.15) is 0 Å². The molecule has 0 amide bonds. The van der Waals surface area contributed by atoms with Crippen molar-refractivity contribution in [3.8, 4) is 17.1 Å². The number of aromatic amines is 2. The molecule has 2 heterocycles. The Morgan fingerprint density at radius 1 is 1.11 bits per heavy atom. The molecule has 0 fully saturated rings. The first kappa shape index (κ1) is 10.5. The predicted octanol–water partition coefficient (Wildman–Crippen LogP) is 1.77. The Hall–Kier alpha value is -2.63. The summed E-state index contributed by atoms with van der Waals surface area (Å²) in [5, 5.41) is 17.1. The maximum absolute atomic E-state index is 5.57. The number of benzene rings is 1. The molecule has 1 aromatic carbocycles. The lowest BCUT2D eigenvalue weighted by Crippen LogP contribution is -1.98. The molecule has 18 heavy (non-hydrogen) atoms. The van der Waals surface area contributed by atoms with Crippen LogP contribution in [0.2, 0.25) is 0 Å². The summed E-state index contributed by atoms with van der Waals surface area (Å²) in [4.78, 5) is 0. The van der Waals surface area contributed by atoms with Gasteiger partial charge in [0, 0.05) is 17.8 Å². The number of rotatable bonds is 4. The normalized spacial score (nSPS) is 10.4. The standard InChI is InChI=1S/C12H11N5O/c1-2-4-10(11-7-14-17-15-11)9(3-1)8-18-12-5-6-13-16-12/h1-7H,8H2,(H,13,16)(H,14,15,17). The van der Waals surface area contributed by atoms with E-state index in [0.29, 0.717) is 12.5 Å². The molecular weight excluding hydrogens is 230 g/mol. The molecule has 0 saturated carbocycles. The molecule has 6 heteroatoms. The highest BCUT2D eigenvalue weighted by Crippen LogP contribution is 2.21. The molecule has 3 aromatic rings. The SMILES string of the molecule is c1ccc(-c2c[nH]nn2)c(COc2cc[nH]n2)c1. The Morgan fingerprint density at radius 3 is 2.83 bits per heavy atom. The van der Waals surface area contributed by atoms with Gasteiger partial charge in [0.25, 0.3) is 0 Å². The van der Waals surface area contributed by atoms with Crippen LogP contribution in [0.5, 0.6) is 5.88 Å². The summed E-state index contributed by atoms with van der Waals surface area (Å²) in [6, 6.07) is 9.69. The lowest BCUT2D eigenvalue weighted by molar-refractivity contribution is 0.294. The topological polar surface area (TPSA) is 79.5 Å². The van der Waals surface area contributed by atoms with Crippen LogP contribution in [0.1, 0.15) is 5.56 Å². The van der Waals surface area contributed by atoms with Crippen LogP contribution < -0.4 is 4.74 Å². The predicted molar refractivity (Wildman–Crippen MR) is 64.7 cm³/mol. The Balaban J connectivity index is 1.84. The molecule has 0 aliphatic rings. The van der Waals surface area contributed by atoms with E-state index in [4.69, 9.17) is 4.74 Å². The lowest BCUT2D eigenvalue weighted by atomic mass is 10.1. The highest BCUT2D eigenvalue weighted by molar-refractivity contribution is 5.62. The fourth-order valence-corrected chi connectivity index (χ4v) is 1.71. The molecule has 0 radical (unpaired) electrons. The quantitative estimate of drug-likeness (QED) is 0.729. The summed E-state index contributed by atoms with van der Waals surface area (Å²) in [5.41, 5.74) is 2.84. The molecule has 0 spiro atoms. The van der Waals surface area contributed by atoms with Gasteiger partial charge < -0.3 is 4.74 Å². The van der Waals surface area contributed by atoms with Crippen LogP contribution in [0.25, 0.3) is 11.3 Å². The summed E-state index contributed by atoms with van der Waals surface area (Å²) in [5.74, 6) is 0.574. The molecule has 3 rings (SSSR count). The zero-order valence-corrected chi connectivity index (χ0v) is 9.50. The summed E-state index contributed by atoms with van der Waals surface area (Å²) >= 11 is 0. The van der Waals surface area contributed by atoms with Crippen LogP contribution in [0, 0.1) is 0 Å². The number of nitrogens with one attached hydrogen (secondary N) is 2. The fourth-order valence-electron chi connectivity index (χ4n) is 1.71. The Kier molecular flexibility index (Phi) is 2.75. The molecule has 0 aliphatic carbocycles. The Bertz CT molecular complexity index is 603. The van der Waals surface area contributed by atoms with Crippen LogP contribution >= 0.6 is 0 Å². The van der Waals surface area contributed by atoms with Gasteiger partial charge in [-0.1, -0.05) is 29.5 Å². The van der Waals surface area contributed by atoms with E-state index in [0.717, 1.165) is 16.8 Å². The second-order valence-corrected chi connectivity index (χ2v) is 3.72. The van der Waals surface area contributed by atoms with Crippen molar-refractivity contribution in [1.82, 2.24) is 25.6 Å². The molecule has 2 N–H and O–H groups in total. The van der Waals surface area contributed by atoms with Gasteiger partial charge in [-0.15, -0.1) is 10.2 Å². The van der Waals surface area contributed by atoms with Crippen LogP contribution in [0.3, 0.4) is 0 Å². The van der Waals surface area contributed by atoms with Gasteiger partial charge in [0.2, 0.25) is 5.88 Å². The van der Waals surface area contributed by atoms with Crippen molar-refractivity contribution < 1.29 is 4.74 Å². The van der Waals surface area contributed by atoms with E-state index < -0.39 is 0 Å². The van der Waals surface area contributed by atoms with Crippen LogP contribution in [0.4, 0.5) is 0 Å². The minimum atomic E-state index is 0.438. The van der Waals surface area contributed by atoms with Crippen LogP contribution in [0.15, 0.2) is 42.7 Å². The zero-order chi connectivity index (χ0) is 12.2.